The van der Waals surface area contributed by atoms with Gasteiger partial charge in [0, 0.05) is 13.0 Å². The molecule has 0 saturated carbocycles. The number of aryl methyl sites for hydroxylation is 2. The highest BCUT2D eigenvalue weighted by Gasteiger charge is 2.13. The van der Waals surface area contributed by atoms with Gasteiger partial charge in [-0.25, -0.2) is 4.98 Å². The normalized spacial score (nSPS) is 11.3. The number of aromatic nitrogens is 4. The molecule has 0 spiro atoms. The van der Waals surface area contributed by atoms with Crippen LogP contribution in [0.1, 0.15) is 11.6 Å². The Labute approximate surface area is 129 Å². The third-order valence-corrected chi connectivity index (χ3v) is 3.92. The lowest BCUT2D eigenvalue weighted by Crippen LogP contribution is -2.06. The van der Waals surface area contributed by atoms with Crippen molar-refractivity contribution in [1.82, 2.24) is 19.7 Å². The number of nitrogens with zero attached hydrogens (tertiary/aromatic N) is 4. The minimum absolute atomic E-state index is 0.302. The van der Waals surface area contributed by atoms with E-state index < -0.39 is 0 Å². The predicted molar refractivity (Wildman–Crippen MR) is 77.3 cm³/mol. The standard InChI is InChI=1S/C12H9Cl3N4O/c13-5-12-17-9-3-7(14)8(15)4-10(9)19(12)2-1-11-16-6-20-18-11/h3-4,6H,1-2,5H2. The van der Waals surface area contributed by atoms with Crippen LogP contribution in [-0.4, -0.2) is 19.7 Å². The van der Waals surface area contributed by atoms with Crippen molar-refractivity contribution in [3.8, 4) is 0 Å². The Kier molecular flexibility index (Phi) is 3.83. The summed E-state index contributed by atoms with van der Waals surface area (Å²) in [4.78, 5) is 8.45. The maximum Gasteiger partial charge on any atom is 0.213 e. The van der Waals surface area contributed by atoms with E-state index in [0.717, 1.165) is 16.9 Å². The molecule has 0 amide bonds. The Bertz CT molecular complexity index is 739. The van der Waals surface area contributed by atoms with Gasteiger partial charge in [0.25, 0.3) is 0 Å². The first-order valence-corrected chi connectivity index (χ1v) is 7.13. The summed E-state index contributed by atoms with van der Waals surface area (Å²) in [5.74, 6) is 1.69. The number of fused-ring (bicyclic) bond motifs is 1. The van der Waals surface area contributed by atoms with Crippen LogP contribution >= 0.6 is 34.8 Å². The highest BCUT2D eigenvalue weighted by molar-refractivity contribution is 6.42. The van der Waals surface area contributed by atoms with Crippen molar-refractivity contribution in [3.63, 3.8) is 0 Å². The zero-order chi connectivity index (χ0) is 14.1. The van der Waals surface area contributed by atoms with Crippen molar-refractivity contribution >= 4 is 45.8 Å². The maximum atomic E-state index is 6.07. The van der Waals surface area contributed by atoms with Crippen LogP contribution in [0, 0.1) is 0 Å². The summed E-state index contributed by atoms with van der Waals surface area (Å²) < 4.78 is 6.70. The van der Waals surface area contributed by atoms with E-state index in [9.17, 15) is 0 Å². The number of hydrogen-bond donors (Lipinski definition) is 0. The van der Waals surface area contributed by atoms with Crippen LogP contribution in [0.4, 0.5) is 0 Å². The highest BCUT2D eigenvalue weighted by atomic mass is 35.5. The monoisotopic (exact) mass is 330 g/mol. The molecule has 0 unspecified atom stereocenters. The molecule has 0 aliphatic rings. The number of alkyl halides is 1. The van der Waals surface area contributed by atoms with E-state index in [0.29, 0.717) is 34.7 Å². The lowest BCUT2D eigenvalue weighted by Gasteiger charge is -2.06. The van der Waals surface area contributed by atoms with E-state index in [2.05, 4.69) is 15.1 Å². The number of halogens is 3. The fourth-order valence-electron chi connectivity index (χ4n) is 2.04. The van der Waals surface area contributed by atoms with Gasteiger partial charge in [0.2, 0.25) is 6.39 Å². The summed E-state index contributed by atoms with van der Waals surface area (Å²) in [5, 5.41) is 4.75. The van der Waals surface area contributed by atoms with E-state index in [1.165, 1.54) is 6.39 Å². The van der Waals surface area contributed by atoms with Gasteiger partial charge in [-0.15, -0.1) is 11.6 Å². The van der Waals surface area contributed by atoms with Gasteiger partial charge in [-0.05, 0) is 12.1 Å². The zero-order valence-electron chi connectivity index (χ0n) is 10.2. The van der Waals surface area contributed by atoms with Crippen LogP contribution in [0.2, 0.25) is 10.0 Å². The number of benzene rings is 1. The molecule has 0 bridgehead atoms. The average Bonchev–Trinajstić information content (AvgIpc) is 3.05. The van der Waals surface area contributed by atoms with Gasteiger partial charge in [-0.1, -0.05) is 28.4 Å². The fraction of sp³-hybridized carbons (Fsp3) is 0.250. The molecule has 0 aliphatic heterocycles. The Morgan fingerprint density at radius 1 is 1.20 bits per heavy atom. The molecule has 0 radical (unpaired) electrons. The number of rotatable bonds is 4. The van der Waals surface area contributed by atoms with Gasteiger partial charge in [0.15, 0.2) is 5.82 Å². The highest BCUT2D eigenvalue weighted by Crippen LogP contribution is 2.28. The summed E-state index contributed by atoms with van der Waals surface area (Å²) in [6, 6.07) is 3.53. The van der Waals surface area contributed by atoms with Crippen LogP contribution < -0.4 is 0 Å². The molecule has 8 heteroatoms. The molecule has 3 rings (SSSR count). The van der Waals surface area contributed by atoms with E-state index in [-0.39, 0.29) is 0 Å². The molecule has 3 aromatic rings. The molecule has 2 heterocycles. The smallest absolute Gasteiger partial charge is 0.213 e. The third-order valence-electron chi connectivity index (χ3n) is 2.95. The van der Waals surface area contributed by atoms with Gasteiger partial charge in [-0.2, -0.15) is 4.98 Å². The van der Waals surface area contributed by atoms with Gasteiger partial charge < -0.3 is 9.09 Å². The molecule has 104 valence electrons. The molecule has 20 heavy (non-hydrogen) atoms. The lowest BCUT2D eigenvalue weighted by molar-refractivity contribution is 0.408. The van der Waals surface area contributed by atoms with Gasteiger partial charge in [-0.3, -0.25) is 0 Å². The second-order valence-electron chi connectivity index (χ2n) is 4.17. The Morgan fingerprint density at radius 2 is 2.00 bits per heavy atom. The zero-order valence-corrected chi connectivity index (χ0v) is 12.5. The molecule has 0 saturated heterocycles. The molecule has 0 atom stereocenters. The second-order valence-corrected chi connectivity index (χ2v) is 5.25. The van der Waals surface area contributed by atoms with Crippen LogP contribution in [-0.2, 0) is 18.8 Å². The van der Waals surface area contributed by atoms with Crippen molar-refractivity contribution in [1.29, 1.82) is 0 Å². The van der Waals surface area contributed by atoms with E-state index in [1.54, 1.807) is 12.1 Å². The minimum Gasteiger partial charge on any atom is -0.343 e. The van der Waals surface area contributed by atoms with Crippen LogP contribution in [0.5, 0.6) is 0 Å². The molecular weight excluding hydrogens is 323 g/mol. The van der Waals surface area contributed by atoms with Crippen LogP contribution in [0.3, 0.4) is 0 Å². The van der Waals surface area contributed by atoms with Crippen molar-refractivity contribution in [3.05, 3.63) is 40.2 Å². The summed E-state index contributed by atoms with van der Waals surface area (Å²) in [5.41, 5.74) is 1.65. The molecule has 2 aromatic heterocycles. The quantitative estimate of drug-likeness (QED) is 0.684. The molecular formula is C12H9Cl3N4O. The largest absolute Gasteiger partial charge is 0.343 e. The lowest BCUT2D eigenvalue weighted by atomic mass is 10.3. The Hall–Kier alpha value is -1.30. The molecule has 0 N–H and O–H groups in total. The van der Waals surface area contributed by atoms with Crippen LogP contribution in [0.15, 0.2) is 23.0 Å². The molecule has 5 nitrogen and oxygen atoms in total. The first-order valence-electron chi connectivity index (χ1n) is 5.84. The van der Waals surface area contributed by atoms with Crippen molar-refractivity contribution in [2.24, 2.45) is 0 Å². The van der Waals surface area contributed by atoms with Crippen molar-refractivity contribution in [2.45, 2.75) is 18.8 Å². The van der Waals surface area contributed by atoms with E-state index in [4.69, 9.17) is 39.3 Å². The summed E-state index contributed by atoms with van der Waals surface area (Å²) in [6.07, 6.45) is 1.92. The first kappa shape index (κ1) is 13.7. The van der Waals surface area contributed by atoms with Crippen molar-refractivity contribution < 1.29 is 4.52 Å². The topological polar surface area (TPSA) is 56.7 Å². The van der Waals surface area contributed by atoms with E-state index >= 15 is 0 Å². The SMILES string of the molecule is ClCc1nc2cc(Cl)c(Cl)cc2n1CCc1ncon1. The maximum absolute atomic E-state index is 6.07. The summed E-state index contributed by atoms with van der Waals surface area (Å²) >= 11 is 18.0. The molecule has 1 aromatic carbocycles. The van der Waals surface area contributed by atoms with Gasteiger partial charge in [0.05, 0.1) is 27.0 Å². The minimum atomic E-state index is 0.302. The molecule has 0 fully saturated rings. The predicted octanol–water partition coefficient (Wildman–Crippen LogP) is 3.71. The van der Waals surface area contributed by atoms with Gasteiger partial charge >= 0.3 is 0 Å². The summed E-state index contributed by atoms with van der Waals surface area (Å²) in [7, 11) is 0. The Morgan fingerprint density at radius 3 is 2.70 bits per heavy atom. The second kappa shape index (κ2) is 5.60. The number of hydrogen-bond acceptors (Lipinski definition) is 4. The van der Waals surface area contributed by atoms with Crippen molar-refractivity contribution in [2.75, 3.05) is 0 Å². The molecule has 0 aliphatic carbocycles. The summed E-state index contributed by atoms with van der Waals surface area (Å²) in [6.45, 7) is 0.635. The van der Waals surface area contributed by atoms with Crippen LogP contribution in [0.25, 0.3) is 11.0 Å². The third kappa shape index (κ3) is 2.49. The first-order chi connectivity index (χ1) is 9.69. The number of imidazole rings is 1. The Balaban J connectivity index is 2.01. The average molecular weight is 332 g/mol. The van der Waals surface area contributed by atoms with Gasteiger partial charge in [0.1, 0.15) is 5.82 Å². The van der Waals surface area contributed by atoms with E-state index in [1.807, 2.05) is 4.57 Å². The fourth-order valence-corrected chi connectivity index (χ4v) is 2.56.